The minimum Gasteiger partial charge on any atom is -0.378 e. The van der Waals surface area contributed by atoms with Gasteiger partial charge >= 0.3 is 0 Å². The molecule has 16 heavy (non-hydrogen) atoms. The SMILES string of the molecule is Cc1ccc(S(=O)(=O)N2[C@@H]3COC[C@@H]32)cc1. The second kappa shape index (κ2) is 3.29. The molecular formula is C11H13NO3S. The summed E-state index contributed by atoms with van der Waals surface area (Å²) >= 11 is 0. The van der Waals surface area contributed by atoms with Crippen molar-refractivity contribution in [2.24, 2.45) is 0 Å². The zero-order valence-corrected chi connectivity index (χ0v) is 9.78. The van der Waals surface area contributed by atoms with E-state index < -0.39 is 10.0 Å². The molecule has 1 aromatic carbocycles. The maximum atomic E-state index is 12.2. The van der Waals surface area contributed by atoms with Crippen molar-refractivity contribution >= 4 is 10.0 Å². The van der Waals surface area contributed by atoms with Gasteiger partial charge in [-0.15, -0.1) is 0 Å². The van der Waals surface area contributed by atoms with Crippen molar-refractivity contribution in [1.82, 2.24) is 4.31 Å². The lowest BCUT2D eigenvalue weighted by Gasteiger charge is -2.09. The Morgan fingerprint density at radius 2 is 1.75 bits per heavy atom. The number of morpholine rings is 1. The number of sulfonamides is 1. The third kappa shape index (κ3) is 1.39. The highest BCUT2D eigenvalue weighted by atomic mass is 32.2. The minimum absolute atomic E-state index is 0.0753. The summed E-state index contributed by atoms with van der Waals surface area (Å²) in [7, 11) is -3.29. The zero-order chi connectivity index (χ0) is 11.3. The Morgan fingerprint density at radius 3 is 2.31 bits per heavy atom. The van der Waals surface area contributed by atoms with Crippen molar-refractivity contribution in [2.45, 2.75) is 23.9 Å². The Balaban J connectivity index is 1.92. The summed E-state index contributed by atoms with van der Waals surface area (Å²) in [6.45, 7) is 3.02. The molecule has 2 heterocycles. The van der Waals surface area contributed by atoms with E-state index in [0.717, 1.165) is 5.56 Å². The Kier molecular flexibility index (Phi) is 2.11. The molecule has 2 aliphatic rings. The van der Waals surface area contributed by atoms with Crippen LogP contribution in [0.1, 0.15) is 5.56 Å². The molecule has 4 nitrogen and oxygen atoms in total. The van der Waals surface area contributed by atoms with Crippen molar-refractivity contribution in [3.8, 4) is 0 Å². The van der Waals surface area contributed by atoms with Crippen LogP contribution in [0.2, 0.25) is 0 Å². The molecule has 3 atom stereocenters. The highest BCUT2D eigenvalue weighted by Gasteiger charge is 2.58. The van der Waals surface area contributed by atoms with Gasteiger partial charge in [-0.3, -0.25) is 0 Å². The van der Waals surface area contributed by atoms with Gasteiger partial charge < -0.3 is 4.74 Å². The fourth-order valence-electron chi connectivity index (χ4n) is 2.18. The number of nitrogens with zero attached hydrogens (tertiary/aromatic N) is 1. The van der Waals surface area contributed by atoms with Crippen LogP contribution in [-0.2, 0) is 14.8 Å². The third-order valence-electron chi connectivity index (χ3n) is 3.18. The predicted molar refractivity (Wildman–Crippen MR) is 58.6 cm³/mol. The van der Waals surface area contributed by atoms with Crippen LogP contribution in [0.5, 0.6) is 0 Å². The fraction of sp³-hybridized carbons (Fsp3) is 0.455. The molecule has 0 amide bonds. The third-order valence-corrected chi connectivity index (χ3v) is 5.15. The van der Waals surface area contributed by atoms with Crippen LogP contribution >= 0.6 is 0 Å². The van der Waals surface area contributed by atoms with E-state index in [4.69, 9.17) is 4.74 Å². The van der Waals surface area contributed by atoms with Gasteiger partial charge in [0.15, 0.2) is 0 Å². The summed E-state index contributed by atoms with van der Waals surface area (Å²) in [6, 6.07) is 7.13. The van der Waals surface area contributed by atoms with Gasteiger partial charge in [0.05, 0.1) is 30.2 Å². The summed E-state index contributed by atoms with van der Waals surface area (Å²) in [6.07, 6.45) is 0. The molecule has 1 unspecified atom stereocenters. The lowest BCUT2D eigenvalue weighted by atomic mass is 10.2. The van der Waals surface area contributed by atoms with Crippen LogP contribution in [0.4, 0.5) is 0 Å². The molecule has 5 heteroatoms. The molecule has 86 valence electrons. The van der Waals surface area contributed by atoms with Crippen LogP contribution in [-0.4, -0.2) is 38.0 Å². The molecule has 0 aliphatic carbocycles. The maximum absolute atomic E-state index is 12.2. The van der Waals surface area contributed by atoms with Gasteiger partial charge in [-0.05, 0) is 19.1 Å². The zero-order valence-electron chi connectivity index (χ0n) is 8.96. The van der Waals surface area contributed by atoms with Crippen molar-refractivity contribution in [1.29, 1.82) is 0 Å². The van der Waals surface area contributed by atoms with Crippen LogP contribution in [0.25, 0.3) is 0 Å². The molecule has 0 aromatic heterocycles. The number of ether oxygens (including phenoxy) is 1. The second-order valence-corrected chi connectivity index (χ2v) is 6.16. The molecule has 3 rings (SSSR count). The Morgan fingerprint density at radius 1 is 1.19 bits per heavy atom. The highest BCUT2D eigenvalue weighted by Crippen LogP contribution is 2.39. The molecule has 2 aliphatic heterocycles. The normalized spacial score (nSPS) is 32.4. The van der Waals surface area contributed by atoms with E-state index in [0.29, 0.717) is 18.1 Å². The molecule has 2 fully saturated rings. The smallest absolute Gasteiger partial charge is 0.243 e. The molecular weight excluding hydrogens is 226 g/mol. The van der Waals surface area contributed by atoms with Crippen LogP contribution in [0.15, 0.2) is 29.2 Å². The van der Waals surface area contributed by atoms with E-state index in [1.807, 2.05) is 19.1 Å². The molecule has 0 bridgehead atoms. The molecule has 0 saturated carbocycles. The van der Waals surface area contributed by atoms with E-state index in [9.17, 15) is 8.42 Å². The van der Waals surface area contributed by atoms with Crippen LogP contribution in [0, 0.1) is 6.92 Å². The topological polar surface area (TPSA) is 46.4 Å². The monoisotopic (exact) mass is 239 g/mol. The van der Waals surface area contributed by atoms with Crippen LogP contribution < -0.4 is 0 Å². The summed E-state index contributed by atoms with van der Waals surface area (Å²) < 4.78 is 31.1. The van der Waals surface area contributed by atoms with Gasteiger partial charge in [0.2, 0.25) is 10.0 Å². The van der Waals surface area contributed by atoms with Crippen molar-refractivity contribution < 1.29 is 13.2 Å². The Hall–Kier alpha value is -0.910. The van der Waals surface area contributed by atoms with E-state index in [-0.39, 0.29) is 12.1 Å². The van der Waals surface area contributed by atoms with Crippen molar-refractivity contribution in [3.63, 3.8) is 0 Å². The molecule has 1 aromatic rings. The number of hydrogen-bond donors (Lipinski definition) is 0. The van der Waals surface area contributed by atoms with Gasteiger partial charge in [-0.1, -0.05) is 17.7 Å². The number of benzene rings is 1. The molecule has 0 radical (unpaired) electrons. The van der Waals surface area contributed by atoms with Gasteiger partial charge in [0.25, 0.3) is 0 Å². The van der Waals surface area contributed by atoms with Gasteiger partial charge in [-0.25, -0.2) is 8.42 Å². The van der Waals surface area contributed by atoms with Gasteiger partial charge in [0, 0.05) is 0 Å². The van der Waals surface area contributed by atoms with Gasteiger partial charge in [0.1, 0.15) is 0 Å². The quantitative estimate of drug-likeness (QED) is 0.716. The van der Waals surface area contributed by atoms with Crippen molar-refractivity contribution in [2.75, 3.05) is 13.2 Å². The second-order valence-electron chi connectivity index (χ2n) is 4.32. The molecule has 0 N–H and O–H groups in total. The predicted octanol–water partition coefficient (Wildman–Crippen LogP) is 0.767. The summed E-state index contributed by atoms with van der Waals surface area (Å²) in [4.78, 5) is 0.382. The first-order chi connectivity index (χ1) is 7.60. The van der Waals surface area contributed by atoms with E-state index in [1.54, 1.807) is 16.4 Å². The lowest BCUT2D eigenvalue weighted by molar-refractivity contribution is 0.155. The summed E-state index contributed by atoms with van der Waals surface area (Å²) in [5, 5.41) is 0. The van der Waals surface area contributed by atoms with E-state index in [2.05, 4.69) is 0 Å². The number of rotatable bonds is 2. The minimum atomic E-state index is -3.29. The highest BCUT2D eigenvalue weighted by molar-refractivity contribution is 7.89. The largest absolute Gasteiger partial charge is 0.378 e. The number of fused-ring (bicyclic) bond motifs is 1. The summed E-state index contributed by atoms with van der Waals surface area (Å²) in [5.41, 5.74) is 1.06. The number of hydrogen-bond acceptors (Lipinski definition) is 3. The van der Waals surface area contributed by atoms with Crippen molar-refractivity contribution in [3.05, 3.63) is 29.8 Å². The fourth-order valence-corrected chi connectivity index (χ4v) is 3.96. The lowest BCUT2D eigenvalue weighted by Crippen LogP contribution is -2.21. The summed E-state index contributed by atoms with van der Waals surface area (Å²) in [5.74, 6) is 0. The van der Waals surface area contributed by atoms with E-state index in [1.165, 1.54) is 0 Å². The first kappa shape index (κ1) is 10.3. The first-order valence-corrected chi connectivity index (χ1v) is 6.73. The Labute approximate surface area is 94.9 Å². The Bertz CT molecular complexity index is 499. The average Bonchev–Trinajstić information content (AvgIpc) is 2.77. The van der Waals surface area contributed by atoms with Gasteiger partial charge in [-0.2, -0.15) is 4.31 Å². The van der Waals surface area contributed by atoms with Crippen LogP contribution in [0.3, 0.4) is 0 Å². The number of aryl methyl sites for hydroxylation is 1. The van der Waals surface area contributed by atoms with E-state index >= 15 is 0 Å². The standard InChI is InChI=1S/C11H13NO3S/c1-8-2-4-9(5-3-8)16(13,14)12-10-6-15-7-11(10)12/h2-5,10-11H,6-7H2,1H3/t10-,11+,12?. The maximum Gasteiger partial charge on any atom is 0.243 e. The molecule has 0 spiro atoms. The molecule has 2 saturated heterocycles. The average molecular weight is 239 g/mol. The first-order valence-electron chi connectivity index (χ1n) is 5.28.